The number of thiophene rings is 1. The van der Waals surface area contributed by atoms with Crippen LogP contribution in [0.5, 0.6) is 5.75 Å². The quantitative estimate of drug-likeness (QED) is 0.584. The molecule has 0 spiro atoms. The van der Waals surface area contributed by atoms with Gasteiger partial charge in [-0.1, -0.05) is 6.07 Å². The number of hydrogen-bond acceptors (Lipinski definition) is 5. The molecule has 170 valence electrons. The van der Waals surface area contributed by atoms with Gasteiger partial charge in [0.1, 0.15) is 5.75 Å². The first kappa shape index (κ1) is 23.6. The van der Waals surface area contributed by atoms with Crippen LogP contribution in [0.3, 0.4) is 0 Å². The van der Waals surface area contributed by atoms with Crippen molar-refractivity contribution in [1.29, 1.82) is 0 Å². The van der Waals surface area contributed by atoms with Crippen LogP contribution in [0.4, 0.5) is 5.69 Å². The molecular formula is C22H31N3O4S2. The van der Waals surface area contributed by atoms with Crippen molar-refractivity contribution < 1.29 is 17.9 Å². The maximum absolute atomic E-state index is 13.4. The van der Waals surface area contributed by atoms with E-state index < -0.39 is 10.2 Å². The normalized spacial score (nSPS) is 17.3. The molecule has 0 bridgehead atoms. The van der Waals surface area contributed by atoms with E-state index in [4.69, 9.17) is 4.74 Å². The molecule has 2 aromatic rings. The summed E-state index contributed by atoms with van der Waals surface area (Å²) in [5.74, 6) is 0.309. The highest BCUT2D eigenvalue weighted by Gasteiger charge is 2.35. The molecule has 1 aliphatic rings. The second-order valence-corrected chi connectivity index (χ2v) is 10.3. The maximum atomic E-state index is 13.4. The molecule has 1 fully saturated rings. The number of carbonyl (C=O) groups is 1. The minimum Gasteiger partial charge on any atom is -0.494 e. The summed E-state index contributed by atoms with van der Waals surface area (Å²) in [6.45, 7) is 5.78. The van der Waals surface area contributed by atoms with Gasteiger partial charge < -0.3 is 10.1 Å². The van der Waals surface area contributed by atoms with Crippen LogP contribution < -0.4 is 14.4 Å². The fraction of sp³-hybridized carbons (Fsp3) is 0.500. The molecule has 0 saturated carbocycles. The molecule has 1 aliphatic heterocycles. The third-order valence-corrected chi connectivity index (χ3v) is 8.28. The first-order chi connectivity index (χ1) is 15.0. The molecule has 0 aliphatic carbocycles. The number of carbonyl (C=O) groups excluding carboxylic acids is 1. The lowest BCUT2D eigenvalue weighted by atomic mass is 9.99. The van der Waals surface area contributed by atoms with Crippen molar-refractivity contribution in [2.75, 3.05) is 37.1 Å². The molecule has 1 aromatic carbocycles. The summed E-state index contributed by atoms with van der Waals surface area (Å²) in [6.07, 6.45) is 2.16. The largest absolute Gasteiger partial charge is 0.494 e. The number of hydrogen-bond donors (Lipinski definition) is 1. The minimum absolute atomic E-state index is 0.0689. The minimum atomic E-state index is -3.73. The van der Waals surface area contributed by atoms with E-state index in [1.54, 1.807) is 35.6 Å². The Bertz CT molecular complexity index is 930. The summed E-state index contributed by atoms with van der Waals surface area (Å²) >= 11 is 1.67. The molecule has 1 N–H and O–H groups in total. The zero-order valence-corrected chi connectivity index (χ0v) is 19.8. The Morgan fingerprint density at radius 2 is 2.03 bits per heavy atom. The fourth-order valence-electron chi connectivity index (χ4n) is 3.77. The maximum Gasteiger partial charge on any atom is 0.304 e. The third-order valence-electron chi connectivity index (χ3n) is 5.33. The van der Waals surface area contributed by atoms with Crippen molar-refractivity contribution in [3.05, 3.63) is 46.7 Å². The van der Waals surface area contributed by atoms with Crippen molar-refractivity contribution in [2.24, 2.45) is 5.92 Å². The number of ether oxygens (including phenoxy) is 1. The van der Waals surface area contributed by atoms with Crippen LogP contribution >= 0.6 is 11.3 Å². The van der Waals surface area contributed by atoms with Gasteiger partial charge in [0.15, 0.2) is 0 Å². The van der Waals surface area contributed by atoms with Crippen LogP contribution in [0.15, 0.2) is 41.8 Å². The monoisotopic (exact) mass is 465 g/mol. The average Bonchev–Trinajstić information content (AvgIpc) is 3.29. The van der Waals surface area contributed by atoms with Crippen LogP contribution in [0.2, 0.25) is 0 Å². The second-order valence-electron chi connectivity index (χ2n) is 7.42. The highest BCUT2D eigenvalue weighted by molar-refractivity contribution is 7.90. The average molecular weight is 466 g/mol. The lowest BCUT2D eigenvalue weighted by Gasteiger charge is -2.35. The standard InChI is InChI=1S/C22H31N3O4S2/c1-3-25(19-9-11-20(12-10-19)29-4-2)31(27,28)24-15-5-7-18(17-24)22(26)23-14-13-21-8-6-16-30-21/h6,8-12,16,18H,3-5,7,13-15,17H2,1-2H3,(H,23,26)/t18-/m0/s1. The number of nitrogens with one attached hydrogen (secondary N) is 1. The Kier molecular flexibility index (Phi) is 8.34. The van der Waals surface area contributed by atoms with Gasteiger partial charge >= 0.3 is 10.2 Å². The van der Waals surface area contributed by atoms with E-state index in [2.05, 4.69) is 5.32 Å². The van der Waals surface area contributed by atoms with Crippen LogP contribution in [0.1, 0.15) is 31.6 Å². The fourth-order valence-corrected chi connectivity index (χ4v) is 6.20. The van der Waals surface area contributed by atoms with Gasteiger partial charge in [0, 0.05) is 31.1 Å². The number of benzene rings is 1. The summed E-state index contributed by atoms with van der Waals surface area (Å²) in [5.41, 5.74) is 0.591. The molecule has 2 heterocycles. The summed E-state index contributed by atoms with van der Waals surface area (Å²) in [6, 6.07) is 11.1. The highest BCUT2D eigenvalue weighted by atomic mass is 32.2. The van der Waals surface area contributed by atoms with Crippen LogP contribution in [-0.4, -0.2) is 51.4 Å². The Morgan fingerprint density at radius 3 is 2.68 bits per heavy atom. The SMILES string of the molecule is CCOc1ccc(N(CC)S(=O)(=O)N2CCC[C@H](C(=O)NCCc3cccs3)C2)cc1. The molecule has 7 nitrogen and oxygen atoms in total. The number of piperidine rings is 1. The molecule has 1 amide bonds. The van der Waals surface area contributed by atoms with Gasteiger partial charge in [0.05, 0.1) is 18.2 Å². The van der Waals surface area contributed by atoms with Crippen molar-refractivity contribution in [2.45, 2.75) is 33.1 Å². The number of nitrogens with zero attached hydrogens (tertiary/aromatic N) is 2. The predicted octanol–water partition coefficient (Wildman–Crippen LogP) is 3.29. The van der Waals surface area contributed by atoms with Gasteiger partial charge in [-0.05, 0) is 68.8 Å². The zero-order chi connectivity index (χ0) is 22.3. The molecule has 1 saturated heterocycles. The Morgan fingerprint density at radius 1 is 1.26 bits per heavy atom. The first-order valence-corrected chi connectivity index (χ1v) is 13.0. The Hall–Kier alpha value is -2.10. The van der Waals surface area contributed by atoms with E-state index in [1.807, 2.05) is 31.4 Å². The number of amides is 1. The molecule has 31 heavy (non-hydrogen) atoms. The van der Waals surface area contributed by atoms with Crippen LogP contribution in [-0.2, 0) is 21.4 Å². The van der Waals surface area contributed by atoms with Crippen LogP contribution in [0.25, 0.3) is 0 Å². The predicted molar refractivity (Wildman–Crippen MR) is 125 cm³/mol. The van der Waals surface area contributed by atoms with Gasteiger partial charge in [0.25, 0.3) is 0 Å². The highest BCUT2D eigenvalue weighted by Crippen LogP contribution is 2.27. The smallest absolute Gasteiger partial charge is 0.304 e. The molecule has 0 unspecified atom stereocenters. The molecule has 3 rings (SSSR count). The summed E-state index contributed by atoms with van der Waals surface area (Å²) in [5, 5.41) is 4.99. The summed E-state index contributed by atoms with van der Waals surface area (Å²) in [4.78, 5) is 13.9. The van der Waals surface area contributed by atoms with Crippen molar-refractivity contribution in [3.63, 3.8) is 0 Å². The van der Waals surface area contributed by atoms with Gasteiger partial charge in [-0.2, -0.15) is 12.7 Å². The molecular weight excluding hydrogens is 434 g/mol. The van der Waals surface area contributed by atoms with E-state index >= 15 is 0 Å². The number of anilines is 1. The summed E-state index contributed by atoms with van der Waals surface area (Å²) < 4.78 is 35.0. The van der Waals surface area contributed by atoms with Gasteiger partial charge in [-0.3, -0.25) is 9.10 Å². The Labute approximate surface area is 189 Å². The lowest BCUT2D eigenvalue weighted by molar-refractivity contribution is -0.126. The molecule has 0 radical (unpaired) electrons. The van der Waals surface area contributed by atoms with Gasteiger partial charge in [-0.15, -0.1) is 11.3 Å². The van der Waals surface area contributed by atoms with Crippen molar-refractivity contribution >= 4 is 33.1 Å². The van der Waals surface area contributed by atoms with E-state index in [-0.39, 0.29) is 18.4 Å². The van der Waals surface area contributed by atoms with E-state index in [1.165, 1.54) is 13.5 Å². The first-order valence-electron chi connectivity index (χ1n) is 10.8. The van der Waals surface area contributed by atoms with E-state index in [9.17, 15) is 13.2 Å². The van der Waals surface area contributed by atoms with Crippen LogP contribution in [0, 0.1) is 5.92 Å². The topological polar surface area (TPSA) is 79.0 Å². The second kappa shape index (κ2) is 11.0. The lowest BCUT2D eigenvalue weighted by Crippen LogP contribution is -2.50. The molecule has 1 atom stereocenters. The molecule has 1 aromatic heterocycles. The van der Waals surface area contributed by atoms with Gasteiger partial charge in [-0.25, -0.2) is 0 Å². The van der Waals surface area contributed by atoms with E-state index in [0.717, 1.165) is 6.42 Å². The third kappa shape index (κ3) is 5.99. The van der Waals surface area contributed by atoms with E-state index in [0.29, 0.717) is 50.5 Å². The molecule has 9 heteroatoms. The zero-order valence-electron chi connectivity index (χ0n) is 18.1. The number of rotatable bonds is 10. The Balaban J connectivity index is 1.63. The van der Waals surface area contributed by atoms with Crippen molar-refractivity contribution in [1.82, 2.24) is 9.62 Å². The summed E-state index contributed by atoms with van der Waals surface area (Å²) in [7, 11) is -3.73. The van der Waals surface area contributed by atoms with Crippen molar-refractivity contribution in [3.8, 4) is 5.75 Å². The van der Waals surface area contributed by atoms with Gasteiger partial charge in [0.2, 0.25) is 5.91 Å².